The number of nitrogens with zero attached hydrogens (tertiary/aromatic N) is 1. The van der Waals surface area contributed by atoms with E-state index < -0.39 is 5.91 Å². The lowest BCUT2D eigenvalue weighted by atomic mass is 9.99. The molecule has 0 spiro atoms. The second kappa shape index (κ2) is 9.23. The lowest BCUT2D eigenvalue weighted by Gasteiger charge is -2.07. The molecule has 0 heterocycles. The Morgan fingerprint density at radius 3 is 2.31 bits per heavy atom. The first-order valence-corrected chi connectivity index (χ1v) is 9.65. The number of rotatable bonds is 5. The number of halogens is 1. The molecule has 0 radical (unpaired) electrons. The Labute approximate surface area is 176 Å². The van der Waals surface area contributed by atoms with Gasteiger partial charge < -0.3 is 5.32 Å². The van der Waals surface area contributed by atoms with Crippen molar-refractivity contribution in [2.24, 2.45) is 0 Å². The minimum atomic E-state index is -0.464. The molecule has 0 bridgehead atoms. The Kier molecular flexibility index (Phi) is 6.49. The average Bonchev–Trinajstić information content (AvgIpc) is 2.66. The van der Waals surface area contributed by atoms with Gasteiger partial charge in [0.2, 0.25) is 0 Å². The minimum absolute atomic E-state index is 0.0343. The van der Waals surface area contributed by atoms with E-state index in [0.717, 1.165) is 12.0 Å². The second-order valence-corrected chi connectivity index (χ2v) is 7.49. The molecule has 1 amide bonds. The molecule has 0 saturated heterocycles. The van der Waals surface area contributed by atoms with Gasteiger partial charge in [-0.15, -0.1) is 0 Å². The molecule has 0 aliphatic rings. The standard InChI is InChI=1S/C25H21ClN2O/c1-17-10-18(2)12-21(11-17)13-19-6-8-20(9-7-19)14-22(16-27)25(29)28-24-5-3-4-23(26)15-24/h3-12,14-15H,13H2,1-2H3,(H,28,29)/b22-14+. The van der Waals surface area contributed by atoms with E-state index in [2.05, 4.69) is 37.4 Å². The van der Waals surface area contributed by atoms with Gasteiger partial charge in [-0.3, -0.25) is 4.79 Å². The van der Waals surface area contributed by atoms with Gasteiger partial charge in [-0.1, -0.05) is 71.3 Å². The predicted octanol–water partition coefficient (Wildman–Crippen LogP) is 6.09. The zero-order valence-corrected chi connectivity index (χ0v) is 17.1. The number of benzene rings is 3. The maximum atomic E-state index is 12.4. The highest BCUT2D eigenvalue weighted by molar-refractivity contribution is 6.31. The van der Waals surface area contributed by atoms with Crippen molar-refractivity contribution in [3.05, 3.63) is 105 Å². The fourth-order valence-corrected chi connectivity index (χ4v) is 3.41. The van der Waals surface area contributed by atoms with Crippen LogP contribution < -0.4 is 5.32 Å². The molecule has 0 aliphatic carbocycles. The molecule has 0 atom stereocenters. The first kappa shape index (κ1) is 20.4. The van der Waals surface area contributed by atoms with Crippen molar-refractivity contribution < 1.29 is 4.79 Å². The number of nitriles is 1. The second-order valence-electron chi connectivity index (χ2n) is 7.05. The van der Waals surface area contributed by atoms with E-state index in [9.17, 15) is 10.1 Å². The summed E-state index contributed by atoms with van der Waals surface area (Å²) in [6.45, 7) is 4.20. The van der Waals surface area contributed by atoms with Crippen LogP contribution in [0.1, 0.15) is 27.8 Å². The molecular weight excluding hydrogens is 380 g/mol. The molecule has 0 aromatic heterocycles. The van der Waals surface area contributed by atoms with E-state index in [1.807, 2.05) is 30.3 Å². The Hall–Kier alpha value is -3.35. The first-order chi connectivity index (χ1) is 13.9. The highest BCUT2D eigenvalue weighted by Gasteiger charge is 2.10. The largest absolute Gasteiger partial charge is 0.321 e. The van der Waals surface area contributed by atoms with Crippen molar-refractivity contribution in [1.29, 1.82) is 5.26 Å². The van der Waals surface area contributed by atoms with Crippen molar-refractivity contribution >= 4 is 29.3 Å². The van der Waals surface area contributed by atoms with Gasteiger partial charge in [0.05, 0.1) is 0 Å². The fourth-order valence-electron chi connectivity index (χ4n) is 3.22. The van der Waals surface area contributed by atoms with Gasteiger partial charge in [-0.25, -0.2) is 0 Å². The average molecular weight is 401 g/mol. The summed E-state index contributed by atoms with van der Waals surface area (Å²) < 4.78 is 0. The van der Waals surface area contributed by atoms with Crippen molar-refractivity contribution in [2.45, 2.75) is 20.3 Å². The van der Waals surface area contributed by atoms with Gasteiger partial charge in [0.15, 0.2) is 0 Å². The van der Waals surface area contributed by atoms with Crippen LogP contribution in [-0.4, -0.2) is 5.91 Å². The van der Waals surface area contributed by atoms with E-state index in [4.69, 9.17) is 11.6 Å². The molecular formula is C25H21ClN2O. The number of amides is 1. The van der Waals surface area contributed by atoms with Crippen molar-refractivity contribution in [3.8, 4) is 6.07 Å². The molecule has 144 valence electrons. The summed E-state index contributed by atoms with van der Waals surface area (Å²) in [6, 6.07) is 23.2. The van der Waals surface area contributed by atoms with Gasteiger partial charge >= 0.3 is 0 Å². The smallest absolute Gasteiger partial charge is 0.266 e. The van der Waals surface area contributed by atoms with E-state index in [-0.39, 0.29) is 5.57 Å². The summed E-state index contributed by atoms with van der Waals surface area (Å²) in [5.41, 5.74) is 6.33. The SMILES string of the molecule is Cc1cc(C)cc(Cc2ccc(/C=C(\C#N)C(=O)Nc3cccc(Cl)c3)cc2)c1. The fraction of sp³-hybridized carbons (Fsp3) is 0.120. The minimum Gasteiger partial charge on any atom is -0.321 e. The van der Waals surface area contributed by atoms with Crippen LogP contribution in [0, 0.1) is 25.2 Å². The quantitative estimate of drug-likeness (QED) is 0.416. The van der Waals surface area contributed by atoms with Crippen LogP contribution in [0.3, 0.4) is 0 Å². The van der Waals surface area contributed by atoms with Gasteiger partial charge in [0.25, 0.3) is 5.91 Å². The molecule has 0 aliphatic heterocycles. The molecule has 4 heteroatoms. The van der Waals surface area contributed by atoms with Crippen LogP contribution >= 0.6 is 11.6 Å². The summed E-state index contributed by atoms with van der Waals surface area (Å²) in [5, 5.41) is 12.6. The summed E-state index contributed by atoms with van der Waals surface area (Å²) >= 11 is 5.93. The molecule has 29 heavy (non-hydrogen) atoms. The number of hydrogen-bond donors (Lipinski definition) is 1. The predicted molar refractivity (Wildman–Crippen MR) is 119 cm³/mol. The van der Waals surface area contributed by atoms with E-state index >= 15 is 0 Å². The third kappa shape index (κ3) is 5.81. The lowest BCUT2D eigenvalue weighted by molar-refractivity contribution is -0.112. The van der Waals surface area contributed by atoms with Gasteiger partial charge in [-0.2, -0.15) is 5.26 Å². The van der Waals surface area contributed by atoms with Crippen LogP contribution in [0.4, 0.5) is 5.69 Å². The molecule has 3 aromatic carbocycles. The lowest BCUT2D eigenvalue weighted by Crippen LogP contribution is -2.13. The highest BCUT2D eigenvalue weighted by atomic mass is 35.5. The molecule has 3 aromatic rings. The van der Waals surface area contributed by atoms with E-state index in [1.54, 1.807) is 30.3 Å². The van der Waals surface area contributed by atoms with Crippen molar-refractivity contribution in [3.63, 3.8) is 0 Å². The summed E-state index contributed by atoms with van der Waals surface area (Å²) in [4.78, 5) is 12.4. The van der Waals surface area contributed by atoms with Crippen molar-refractivity contribution in [1.82, 2.24) is 0 Å². The van der Waals surface area contributed by atoms with Gasteiger partial charge in [0, 0.05) is 10.7 Å². The number of hydrogen-bond acceptors (Lipinski definition) is 2. The Morgan fingerprint density at radius 1 is 1.00 bits per heavy atom. The summed E-state index contributed by atoms with van der Waals surface area (Å²) in [5.74, 6) is -0.464. The maximum absolute atomic E-state index is 12.4. The molecule has 0 unspecified atom stereocenters. The molecule has 0 fully saturated rings. The zero-order chi connectivity index (χ0) is 20.8. The molecule has 3 nitrogen and oxygen atoms in total. The third-order valence-electron chi connectivity index (χ3n) is 4.43. The molecule has 0 saturated carbocycles. The van der Waals surface area contributed by atoms with Gasteiger partial charge in [0.1, 0.15) is 11.6 Å². The number of anilines is 1. The third-order valence-corrected chi connectivity index (χ3v) is 4.66. The van der Waals surface area contributed by atoms with Crippen LogP contribution in [0.5, 0.6) is 0 Å². The van der Waals surface area contributed by atoms with E-state index in [0.29, 0.717) is 10.7 Å². The Bertz CT molecular complexity index is 1090. The molecule has 1 N–H and O–H groups in total. The number of carbonyl (C=O) groups is 1. The Morgan fingerprint density at radius 2 is 1.69 bits per heavy atom. The highest BCUT2D eigenvalue weighted by Crippen LogP contribution is 2.18. The normalized spacial score (nSPS) is 11.0. The van der Waals surface area contributed by atoms with Crippen LogP contribution in [0.25, 0.3) is 6.08 Å². The zero-order valence-electron chi connectivity index (χ0n) is 16.4. The maximum Gasteiger partial charge on any atom is 0.266 e. The molecule has 3 rings (SSSR count). The number of carbonyl (C=O) groups excluding carboxylic acids is 1. The monoisotopic (exact) mass is 400 g/mol. The number of nitrogens with one attached hydrogen (secondary N) is 1. The van der Waals surface area contributed by atoms with Crippen LogP contribution in [-0.2, 0) is 11.2 Å². The van der Waals surface area contributed by atoms with Crippen LogP contribution in [0.15, 0.2) is 72.3 Å². The first-order valence-electron chi connectivity index (χ1n) is 9.28. The topological polar surface area (TPSA) is 52.9 Å². The summed E-state index contributed by atoms with van der Waals surface area (Å²) in [7, 11) is 0. The van der Waals surface area contributed by atoms with Crippen molar-refractivity contribution in [2.75, 3.05) is 5.32 Å². The van der Waals surface area contributed by atoms with Gasteiger partial charge in [-0.05, 0) is 61.2 Å². The Balaban J connectivity index is 1.73. The number of aryl methyl sites for hydroxylation is 2. The summed E-state index contributed by atoms with van der Waals surface area (Å²) in [6.07, 6.45) is 2.42. The van der Waals surface area contributed by atoms with Crippen LogP contribution in [0.2, 0.25) is 5.02 Å². The van der Waals surface area contributed by atoms with E-state index in [1.165, 1.54) is 22.3 Å².